The van der Waals surface area contributed by atoms with Crippen LogP contribution in [-0.4, -0.2) is 34.7 Å². The minimum absolute atomic E-state index is 0.390. The summed E-state index contributed by atoms with van der Waals surface area (Å²) in [5.74, 6) is 0.390. The van der Waals surface area contributed by atoms with Crippen LogP contribution in [0.3, 0.4) is 0 Å². The maximum absolute atomic E-state index is 6.04. The molecule has 0 aliphatic heterocycles. The lowest BCUT2D eigenvalue weighted by Crippen LogP contribution is -2.08. The van der Waals surface area contributed by atoms with Crippen LogP contribution in [0.2, 0.25) is 0 Å². The number of anilines is 1. The first-order valence-electron chi connectivity index (χ1n) is 7.93. The normalized spacial score (nSPS) is 10.9. The average molecular weight is 322 g/mol. The molecule has 7 heteroatoms. The predicted molar refractivity (Wildman–Crippen MR) is 101 cm³/mol. The summed E-state index contributed by atoms with van der Waals surface area (Å²) in [6, 6.07) is 18.6. The Labute approximate surface area is 147 Å². The number of nitrogens with two attached hydrogens (primary N) is 1. The van der Waals surface area contributed by atoms with E-state index in [1.807, 2.05) is 18.2 Å². The van der Waals surface area contributed by atoms with Gasteiger partial charge >= 0.3 is 0 Å². The van der Waals surface area contributed by atoms with Crippen molar-refractivity contribution >= 4 is 31.9 Å². The molecule has 2 aromatic heterocycles. The predicted octanol–water partition coefficient (Wildman–Crippen LogP) is 2.22. The minimum atomic E-state index is 0.390. The molecule has 25 heavy (non-hydrogen) atoms. The van der Waals surface area contributed by atoms with Gasteiger partial charge in [0.05, 0.1) is 5.39 Å². The molecule has 0 aliphatic rings. The summed E-state index contributed by atoms with van der Waals surface area (Å²) in [6.07, 6.45) is 2.30. The molecule has 4 rings (SSSR count). The van der Waals surface area contributed by atoms with Crippen LogP contribution in [0.4, 0.5) is 5.82 Å². The highest BCUT2D eigenvalue weighted by Crippen LogP contribution is 2.29. The molecule has 0 spiro atoms. The quantitative estimate of drug-likeness (QED) is 0.585. The zero-order valence-corrected chi connectivity index (χ0v) is 13.5. The van der Waals surface area contributed by atoms with Crippen LogP contribution in [-0.2, 0) is 6.42 Å². The summed E-state index contributed by atoms with van der Waals surface area (Å²) in [5, 5.41) is 5.21. The second-order valence-electron chi connectivity index (χ2n) is 5.76. The van der Waals surface area contributed by atoms with Gasteiger partial charge in [0.25, 0.3) is 0 Å². The monoisotopic (exact) mass is 322 g/mol. The third-order valence-corrected chi connectivity index (χ3v) is 4.14. The van der Waals surface area contributed by atoms with Crippen LogP contribution in [0.25, 0.3) is 22.3 Å². The summed E-state index contributed by atoms with van der Waals surface area (Å²) in [4.78, 5) is 8.30. The van der Waals surface area contributed by atoms with Crippen LogP contribution >= 0.6 is 0 Å². The van der Waals surface area contributed by atoms with E-state index in [1.165, 1.54) is 29.4 Å². The van der Waals surface area contributed by atoms with Gasteiger partial charge < -0.3 is 10.3 Å². The van der Waals surface area contributed by atoms with Crippen molar-refractivity contribution in [1.82, 2.24) is 19.7 Å². The number of nitrogen functional groups attached to an aromatic ring is 1. The fraction of sp³-hybridized carbons (Fsp3) is 0.0556. The lowest BCUT2D eigenvalue weighted by Gasteiger charge is -2.04. The number of fused-ring (bicyclic) bond motifs is 1. The van der Waals surface area contributed by atoms with Crippen molar-refractivity contribution in [3.05, 3.63) is 72.1 Å². The molecule has 0 atom stereocenters. The van der Waals surface area contributed by atoms with E-state index in [9.17, 15) is 0 Å². The highest BCUT2D eigenvalue weighted by atomic mass is 15.3. The third kappa shape index (κ3) is 2.89. The van der Waals surface area contributed by atoms with Gasteiger partial charge in [-0.05, 0) is 17.5 Å². The first-order chi connectivity index (χ1) is 12.3. The molecule has 2 heterocycles. The molecule has 0 aliphatic carbocycles. The second kappa shape index (κ2) is 6.43. The van der Waals surface area contributed by atoms with Crippen LogP contribution in [0.15, 0.2) is 60.9 Å². The van der Waals surface area contributed by atoms with Gasteiger partial charge in [0.2, 0.25) is 7.31 Å². The van der Waals surface area contributed by atoms with Crippen molar-refractivity contribution < 1.29 is 0 Å². The second-order valence-corrected chi connectivity index (χ2v) is 5.76. The van der Waals surface area contributed by atoms with Crippen LogP contribution in [0.5, 0.6) is 0 Å². The van der Waals surface area contributed by atoms with Gasteiger partial charge in [-0.3, -0.25) is 0 Å². The summed E-state index contributed by atoms with van der Waals surface area (Å²) in [5.41, 5.74) is 10.8. The lowest BCUT2D eigenvalue weighted by molar-refractivity contribution is 0.999. The summed E-state index contributed by atoms with van der Waals surface area (Å²) >= 11 is 0. The molecule has 0 saturated carbocycles. The Morgan fingerprint density at radius 2 is 1.68 bits per heavy atom. The van der Waals surface area contributed by atoms with Crippen molar-refractivity contribution in [1.29, 1.82) is 0 Å². The van der Waals surface area contributed by atoms with Crippen LogP contribution in [0, 0.1) is 0 Å². The van der Waals surface area contributed by atoms with Crippen molar-refractivity contribution in [2.75, 3.05) is 5.73 Å². The topological polar surface area (TPSA) is 69.6 Å². The Morgan fingerprint density at radius 1 is 0.960 bits per heavy atom. The third-order valence-electron chi connectivity index (χ3n) is 4.14. The van der Waals surface area contributed by atoms with Gasteiger partial charge in [-0.1, -0.05) is 54.6 Å². The van der Waals surface area contributed by atoms with E-state index in [1.54, 1.807) is 0 Å². The smallest absolute Gasteiger partial charge is 0.221 e. The van der Waals surface area contributed by atoms with Crippen molar-refractivity contribution in [3.8, 4) is 11.3 Å². The summed E-state index contributed by atoms with van der Waals surface area (Å²) in [7, 11) is 7.00. The maximum atomic E-state index is 6.04. The van der Waals surface area contributed by atoms with Gasteiger partial charge in [-0.2, -0.15) is 5.10 Å². The summed E-state index contributed by atoms with van der Waals surface area (Å²) in [6.45, 7) is 0. The number of benzene rings is 2. The van der Waals surface area contributed by atoms with Gasteiger partial charge in [-0.25, -0.2) is 9.97 Å². The molecule has 3 radical (unpaired) electrons. The fourth-order valence-corrected chi connectivity index (χ4v) is 2.91. The maximum Gasteiger partial charge on any atom is 0.221 e. The number of hydrogen-bond acceptors (Lipinski definition) is 4. The standard InChI is InChI=1S/C18H14B2N5/c19-20-25-18-15(17(21)22-11-23-18)16(24-25)14-8-6-13(7-9-14)10-12-4-2-1-3-5-12/h1-9,11H,10H2,(H2,21,22,23). The Bertz CT molecular complexity index is 1010. The fourth-order valence-electron chi connectivity index (χ4n) is 2.91. The van der Waals surface area contributed by atoms with E-state index in [-0.39, 0.29) is 0 Å². The Kier molecular flexibility index (Phi) is 3.98. The Morgan fingerprint density at radius 3 is 2.40 bits per heavy atom. The molecular formula is C18H14B2N5. The first-order valence-corrected chi connectivity index (χ1v) is 7.93. The highest BCUT2D eigenvalue weighted by Gasteiger charge is 2.15. The molecule has 117 valence electrons. The van der Waals surface area contributed by atoms with E-state index in [0.29, 0.717) is 16.9 Å². The number of rotatable bonds is 4. The van der Waals surface area contributed by atoms with E-state index in [2.05, 4.69) is 51.5 Å². The van der Waals surface area contributed by atoms with E-state index in [0.717, 1.165) is 17.7 Å². The molecule has 0 bridgehead atoms. The highest BCUT2D eigenvalue weighted by molar-refractivity contribution is 6.88. The molecule has 0 saturated heterocycles. The SMILES string of the molecule is [B][B]n1nc(-c2ccc(Cc3ccccc3)cc2)c2c(N)ncnc21. The van der Waals surface area contributed by atoms with Gasteiger partial charge in [0.15, 0.2) is 0 Å². The number of hydrogen-bond donors (Lipinski definition) is 1. The van der Waals surface area contributed by atoms with Crippen LogP contribution in [0.1, 0.15) is 11.1 Å². The molecule has 0 unspecified atom stereocenters. The van der Waals surface area contributed by atoms with Crippen molar-refractivity contribution in [2.45, 2.75) is 6.42 Å². The Hall–Kier alpha value is -3.08. The molecule has 2 aromatic carbocycles. The lowest BCUT2D eigenvalue weighted by atomic mass is 9.67. The van der Waals surface area contributed by atoms with Crippen molar-refractivity contribution in [3.63, 3.8) is 0 Å². The van der Waals surface area contributed by atoms with Gasteiger partial charge in [-0.15, -0.1) is 0 Å². The Balaban J connectivity index is 1.72. The minimum Gasteiger partial charge on any atom is -0.383 e. The first kappa shape index (κ1) is 15.4. The molecule has 0 fully saturated rings. The molecule has 0 amide bonds. The molecular weight excluding hydrogens is 308 g/mol. The van der Waals surface area contributed by atoms with E-state index in [4.69, 9.17) is 13.5 Å². The largest absolute Gasteiger partial charge is 0.383 e. The van der Waals surface area contributed by atoms with Gasteiger partial charge in [0, 0.05) is 13.3 Å². The average Bonchev–Trinajstić information content (AvgIpc) is 3.03. The van der Waals surface area contributed by atoms with Crippen LogP contribution < -0.4 is 5.73 Å². The number of nitrogens with zero attached hydrogens (tertiary/aromatic N) is 4. The van der Waals surface area contributed by atoms with Crippen molar-refractivity contribution in [2.24, 2.45) is 0 Å². The van der Waals surface area contributed by atoms with Gasteiger partial charge in [0.1, 0.15) is 23.5 Å². The zero-order chi connectivity index (χ0) is 17.2. The van der Waals surface area contributed by atoms with E-state index >= 15 is 0 Å². The zero-order valence-electron chi connectivity index (χ0n) is 13.5. The molecule has 5 nitrogen and oxygen atoms in total. The number of aromatic nitrogens is 4. The molecule has 2 N–H and O–H groups in total. The molecule has 4 aromatic rings. The van der Waals surface area contributed by atoms with E-state index < -0.39 is 0 Å². The summed E-state index contributed by atoms with van der Waals surface area (Å²) < 4.78 is 1.51.